The number of thiazole rings is 1. The molecule has 0 aromatic carbocycles. The number of carbonyl (C=O) groups is 2. The van der Waals surface area contributed by atoms with E-state index in [4.69, 9.17) is 0 Å². The summed E-state index contributed by atoms with van der Waals surface area (Å²) in [7, 11) is 1.95. The van der Waals surface area contributed by atoms with Gasteiger partial charge >= 0.3 is 0 Å². The van der Waals surface area contributed by atoms with Crippen molar-refractivity contribution in [2.75, 3.05) is 26.7 Å². The Morgan fingerprint density at radius 1 is 1.55 bits per heavy atom. The average Bonchev–Trinajstić information content (AvgIpc) is 2.83. The van der Waals surface area contributed by atoms with E-state index in [-0.39, 0.29) is 17.9 Å². The standard InChI is InChI=1S/C15H24N4O2S/c1-11-14(22-10-16-11)8-18(3)9-15(21)19-6-4-5-13(7-19)17-12(2)20/h10,13H,4-9H2,1-3H3,(H,17,20)/t13-/m1/s1. The number of aromatic nitrogens is 1. The first-order valence-corrected chi connectivity index (χ1v) is 8.46. The molecule has 0 saturated carbocycles. The maximum Gasteiger partial charge on any atom is 0.236 e. The van der Waals surface area contributed by atoms with E-state index in [1.165, 1.54) is 11.8 Å². The fourth-order valence-electron chi connectivity index (χ4n) is 2.72. The van der Waals surface area contributed by atoms with Gasteiger partial charge in [0.2, 0.25) is 11.8 Å². The summed E-state index contributed by atoms with van der Waals surface area (Å²) in [4.78, 5) is 32.9. The molecular formula is C15H24N4O2S. The van der Waals surface area contributed by atoms with Gasteiger partial charge in [-0.15, -0.1) is 11.3 Å². The number of carbonyl (C=O) groups excluding carboxylic acids is 2. The van der Waals surface area contributed by atoms with Gasteiger partial charge in [-0.25, -0.2) is 4.98 Å². The monoisotopic (exact) mass is 324 g/mol. The van der Waals surface area contributed by atoms with Crippen molar-refractivity contribution in [1.29, 1.82) is 0 Å². The Hall–Kier alpha value is -1.47. The van der Waals surface area contributed by atoms with Crippen molar-refractivity contribution in [1.82, 2.24) is 20.1 Å². The van der Waals surface area contributed by atoms with Crippen molar-refractivity contribution in [2.45, 2.75) is 39.3 Å². The summed E-state index contributed by atoms with van der Waals surface area (Å²) in [6.45, 7) is 6.04. The second-order valence-corrected chi connectivity index (χ2v) is 6.85. The van der Waals surface area contributed by atoms with E-state index < -0.39 is 0 Å². The van der Waals surface area contributed by atoms with Gasteiger partial charge in [0.1, 0.15) is 0 Å². The zero-order valence-corrected chi connectivity index (χ0v) is 14.3. The Bertz CT molecular complexity index is 531. The highest BCUT2D eigenvalue weighted by atomic mass is 32.1. The molecule has 2 heterocycles. The van der Waals surface area contributed by atoms with Crippen LogP contribution in [0.2, 0.25) is 0 Å². The van der Waals surface area contributed by atoms with E-state index in [0.29, 0.717) is 13.1 Å². The van der Waals surface area contributed by atoms with Crippen molar-refractivity contribution < 1.29 is 9.59 Å². The predicted molar refractivity (Wildman–Crippen MR) is 86.6 cm³/mol. The molecule has 1 aliphatic heterocycles. The lowest BCUT2D eigenvalue weighted by molar-refractivity contribution is -0.134. The van der Waals surface area contributed by atoms with Gasteiger partial charge in [0.05, 0.1) is 17.7 Å². The summed E-state index contributed by atoms with van der Waals surface area (Å²) in [5.41, 5.74) is 2.87. The molecule has 2 rings (SSSR count). The fourth-order valence-corrected chi connectivity index (χ4v) is 3.58. The smallest absolute Gasteiger partial charge is 0.236 e. The zero-order chi connectivity index (χ0) is 16.1. The number of likely N-dealkylation sites (N-methyl/N-ethyl adjacent to an activating group) is 1. The van der Waals surface area contributed by atoms with Crippen molar-refractivity contribution >= 4 is 23.2 Å². The van der Waals surface area contributed by atoms with E-state index in [1.54, 1.807) is 11.3 Å². The van der Waals surface area contributed by atoms with Crippen LogP contribution in [0.5, 0.6) is 0 Å². The molecule has 1 fully saturated rings. The largest absolute Gasteiger partial charge is 0.352 e. The fraction of sp³-hybridized carbons (Fsp3) is 0.667. The number of piperidine rings is 1. The molecule has 6 nitrogen and oxygen atoms in total. The molecule has 0 aliphatic carbocycles. The minimum atomic E-state index is -0.0305. The van der Waals surface area contributed by atoms with Crippen molar-refractivity contribution in [3.8, 4) is 0 Å². The second kappa shape index (κ2) is 7.69. The van der Waals surface area contributed by atoms with Gasteiger partial charge in [0.25, 0.3) is 0 Å². The van der Waals surface area contributed by atoms with Crippen LogP contribution in [0.15, 0.2) is 5.51 Å². The number of likely N-dealkylation sites (tertiary alicyclic amines) is 1. The lowest BCUT2D eigenvalue weighted by Crippen LogP contribution is -2.51. The van der Waals surface area contributed by atoms with Crippen LogP contribution in [0.3, 0.4) is 0 Å². The summed E-state index contributed by atoms with van der Waals surface area (Å²) in [5, 5.41) is 2.91. The molecule has 1 aromatic heterocycles. The molecule has 0 spiro atoms. The molecule has 0 unspecified atom stereocenters. The van der Waals surface area contributed by atoms with Gasteiger partial charge in [-0.3, -0.25) is 14.5 Å². The number of amides is 2. The number of nitrogens with zero attached hydrogens (tertiary/aromatic N) is 3. The second-order valence-electron chi connectivity index (χ2n) is 5.91. The van der Waals surface area contributed by atoms with Crippen LogP contribution < -0.4 is 5.32 Å². The Labute approximate surface area is 135 Å². The topological polar surface area (TPSA) is 65.5 Å². The molecule has 122 valence electrons. The number of rotatable bonds is 5. The van der Waals surface area contributed by atoms with Crippen LogP contribution in [-0.2, 0) is 16.1 Å². The normalized spacial score (nSPS) is 18.5. The molecule has 0 bridgehead atoms. The predicted octanol–water partition coefficient (Wildman–Crippen LogP) is 1.01. The first kappa shape index (κ1) is 16.9. The van der Waals surface area contributed by atoms with Crippen molar-refractivity contribution in [3.63, 3.8) is 0 Å². The van der Waals surface area contributed by atoms with E-state index in [1.807, 2.05) is 29.3 Å². The third kappa shape index (κ3) is 4.78. The molecule has 2 amide bonds. The van der Waals surface area contributed by atoms with Gasteiger partial charge in [-0.05, 0) is 26.8 Å². The van der Waals surface area contributed by atoms with Crippen LogP contribution in [0.1, 0.15) is 30.3 Å². The summed E-state index contributed by atoms with van der Waals surface area (Å²) in [6.07, 6.45) is 1.88. The molecule has 1 N–H and O–H groups in total. The zero-order valence-electron chi connectivity index (χ0n) is 13.5. The van der Waals surface area contributed by atoms with E-state index in [0.717, 1.165) is 31.6 Å². The molecular weight excluding hydrogens is 300 g/mol. The summed E-state index contributed by atoms with van der Waals surface area (Å²) < 4.78 is 0. The van der Waals surface area contributed by atoms with Gasteiger partial charge in [-0.2, -0.15) is 0 Å². The van der Waals surface area contributed by atoms with Crippen LogP contribution in [-0.4, -0.2) is 59.3 Å². The molecule has 1 aliphatic rings. The molecule has 7 heteroatoms. The third-order valence-electron chi connectivity index (χ3n) is 3.85. The van der Waals surface area contributed by atoms with Crippen LogP contribution >= 0.6 is 11.3 Å². The average molecular weight is 324 g/mol. The molecule has 1 saturated heterocycles. The maximum absolute atomic E-state index is 12.4. The number of aryl methyl sites for hydroxylation is 1. The molecule has 22 heavy (non-hydrogen) atoms. The molecule has 0 radical (unpaired) electrons. The lowest BCUT2D eigenvalue weighted by Gasteiger charge is -2.34. The highest BCUT2D eigenvalue weighted by molar-refractivity contribution is 7.09. The first-order chi connectivity index (χ1) is 10.5. The third-order valence-corrected chi connectivity index (χ3v) is 4.76. The van der Waals surface area contributed by atoms with E-state index >= 15 is 0 Å². The molecule has 1 atom stereocenters. The highest BCUT2D eigenvalue weighted by Gasteiger charge is 2.24. The Kier molecular flexibility index (Phi) is 5.90. The Morgan fingerprint density at radius 3 is 2.95 bits per heavy atom. The number of nitrogens with one attached hydrogen (secondary N) is 1. The minimum Gasteiger partial charge on any atom is -0.352 e. The first-order valence-electron chi connectivity index (χ1n) is 7.58. The quantitative estimate of drug-likeness (QED) is 0.878. The number of hydrogen-bond donors (Lipinski definition) is 1. The summed E-state index contributed by atoms with van der Waals surface area (Å²) >= 11 is 1.62. The van der Waals surface area contributed by atoms with Crippen LogP contribution in [0.4, 0.5) is 0 Å². The highest BCUT2D eigenvalue weighted by Crippen LogP contribution is 2.15. The van der Waals surface area contributed by atoms with Gasteiger partial charge in [-0.1, -0.05) is 0 Å². The SMILES string of the molecule is CC(=O)N[C@@H]1CCCN(C(=O)CN(C)Cc2scnc2C)C1. The van der Waals surface area contributed by atoms with E-state index in [2.05, 4.69) is 10.3 Å². The van der Waals surface area contributed by atoms with E-state index in [9.17, 15) is 9.59 Å². The van der Waals surface area contributed by atoms with Crippen LogP contribution in [0.25, 0.3) is 0 Å². The van der Waals surface area contributed by atoms with Gasteiger partial charge in [0, 0.05) is 37.5 Å². The summed E-state index contributed by atoms with van der Waals surface area (Å²) in [5.74, 6) is 0.0943. The number of hydrogen-bond acceptors (Lipinski definition) is 5. The lowest BCUT2D eigenvalue weighted by atomic mass is 10.1. The maximum atomic E-state index is 12.4. The molecule has 1 aromatic rings. The Morgan fingerprint density at radius 2 is 2.32 bits per heavy atom. The van der Waals surface area contributed by atoms with Gasteiger partial charge < -0.3 is 10.2 Å². The van der Waals surface area contributed by atoms with Gasteiger partial charge in [0.15, 0.2) is 0 Å². The van der Waals surface area contributed by atoms with Crippen molar-refractivity contribution in [2.24, 2.45) is 0 Å². The summed E-state index contributed by atoms with van der Waals surface area (Å²) in [6, 6.07) is 0.0873. The Balaban J connectivity index is 1.83. The van der Waals surface area contributed by atoms with Crippen molar-refractivity contribution in [3.05, 3.63) is 16.1 Å². The minimum absolute atomic E-state index is 0.0305. The van der Waals surface area contributed by atoms with Crippen LogP contribution in [0, 0.1) is 6.92 Å².